The summed E-state index contributed by atoms with van der Waals surface area (Å²) < 4.78 is 1.08. The lowest BCUT2D eigenvalue weighted by molar-refractivity contribution is 0.0984. The van der Waals surface area contributed by atoms with E-state index in [0.717, 1.165) is 34.7 Å². The molecule has 0 bridgehead atoms. The maximum Gasteiger partial charge on any atom is 0.260 e. The van der Waals surface area contributed by atoms with Crippen molar-refractivity contribution in [3.63, 3.8) is 0 Å². The first-order valence-electron chi connectivity index (χ1n) is 9.59. The molecule has 5 nitrogen and oxygen atoms in total. The summed E-state index contributed by atoms with van der Waals surface area (Å²) in [5.74, 6) is -0.0913. The zero-order valence-electron chi connectivity index (χ0n) is 16.9. The number of aromatic nitrogens is 1. The molecule has 0 saturated heterocycles. The fourth-order valence-electron chi connectivity index (χ4n) is 3.10. The summed E-state index contributed by atoms with van der Waals surface area (Å²) in [6.07, 6.45) is 2.04. The van der Waals surface area contributed by atoms with Gasteiger partial charge >= 0.3 is 0 Å². The van der Waals surface area contributed by atoms with Crippen LogP contribution in [0.4, 0.5) is 5.13 Å². The second-order valence-corrected chi connectivity index (χ2v) is 8.33. The Labute approximate surface area is 180 Å². The lowest BCUT2D eigenvalue weighted by atomic mass is 10.1. The van der Waals surface area contributed by atoms with Gasteiger partial charge in [-0.05, 0) is 55.7 Å². The smallest absolute Gasteiger partial charge is 0.260 e. The van der Waals surface area contributed by atoms with E-state index in [2.05, 4.69) is 30.9 Å². The molecule has 29 heavy (non-hydrogen) atoms. The molecule has 0 saturated carbocycles. The Morgan fingerprint density at radius 2 is 1.86 bits per heavy atom. The maximum absolute atomic E-state index is 13.4. The van der Waals surface area contributed by atoms with Gasteiger partial charge in [-0.2, -0.15) is 5.26 Å². The fraction of sp³-hybridized carbons (Fsp3) is 0.318. The Kier molecular flexibility index (Phi) is 7.26. The minimum atomic E-state index is -0.0913. The highest BCUT2D eigenvalue weighted by Crippen LogP contribution is 2.34. The monoisotopic (exact) mass is 424 g/mol. The van der Waals surface area contributed by atoms with Crippen molar-refractivity contribution < 1.29 is 4.79 Å². The molecule has 0 aliphatic heterocycles. The number of thiazole rings is 1. The van der Waals surface area contributed by atoms with Gasteiger partial charge in [0.15, 0.2) is 5.13 Å². The first-order chi connectivity index (χ1) is 14.1. The van der Waals surface area contributed by atoms with Gasteiger partial charge in [0.05, 0.1) is 21.8 Å². The molecule has 3 aromatic rings. The molecule has 150 valence electrons. The van der Waals surface area contributed by atoms with E-state index in [1.807, 2.05) is 18.4 Å². The standard InChI is InChI=1S/C22H24N4OS2/c1-4-25(5-2)13-14-26(21(27)17-11-9-16(15-23)10-12-17)22-24-20-18(28-3)7-6-8-19(20)29-22/h6-12H,4-5,13-14H2,1-3H3. The van der Waals surface area contributed by atoms with Gasteiger partial charge in [-0.3, -0.25) is 9.69 Å². The Hall–Kier alpha value is -2.40. The van der Waals surface area contributed by atoms with Crippen molar-refractivity contribution in [1.82, 2.24) is 9.88 Å². The number of nitrogens with zero attached hydrogens (tertiary/aromatic N) is 4. The van der Waals surface area contributed by atoms with Gasteiger partial charge in [0.1, 0.15) is 0 Å². The molecule has 1 aromatic heterocycles. The normalized spacial score (nSPS) is 11.0. The molecular weight excluding hydrogens is 400 g/mol. The van der Waals surface area contributed by atoms with E-state index >= 15 is 0 Å². The zero-order valence-corrected chi connectivity index (χ0v) is 18.5. The number of carbonyl (C=O) groups excluding carboxylic acids is 1. The number of anilines is 1. The van der Waals surface area contributed by atoms with Crippen molar-refractivity contribution in [3.8, 4) is 6.07 Å². The van der Waals surface area contributed by atoms with Crippen LogP contribution in [0.2, 0.25) is 0 Å². The minimum Gasteiger partial charge on any atom is -0.302 e. The van der Waals surface area contributed by atoms with E-state index in [1.165, 1.54) is 0 Å². The number of carbonyl (C=O) groups is 1. The van der Waals surface area contributed by atoms with E-state index in [1.54, 1.807) is 52.3 Å². The number of fused-ring (bicyclic) bond motifs is 1. The van der Waals surface area contributed by atoms with Crippen LogP contribution in [0.15, 0.2) is 47.4 Å². The average molecular weight is 425 g/mol. The molecule has 0 radical (unpaired) electrons. The van der Waals surface area contributed by atoms with E-state index < -0.39 is 0 Å². The second kappa shape index (κ2) is 9.88. The molecule has 0 N–H and O–H groups in total. The van der Waals surface area contributed by atoms with Gasteiger partial charge in [0.2, 0.25) is 0 Å². The number of hydrogen-bond acceptors (Lipinski definition) is 6. The number of benzene rings is 2. The van der Waals surface area contributed by atoms with Crippen LogP contribution in [0, 0.1) is 11.3 Å². The number of likely N-dealkylation sites (N-methyl/N-ethyl adjacent to an activating group) is 1. The molecule has 2 aromatic carbocycles. The van der Waals surface area contributed by atoms with Crippen LogP contribution < -0.4 is 4.90 Å². The van der Waals surface area contributed by atoms with E-state index in [-0.39, 0.29) is 5.91 Å². The van der Waals surface area contributed by atoms with E-state index in [0.29, 0.717) is 22.8 Å². The van der Waals surface area contributed by atoms with E-state index in [9.17, 15) is 4.79 Å². The minimum absolute atomic E-state index is 0.0913. The van der Waals surface area contributed by atoms with Crippen LogP contribution in [-0.2, 0) is 0 Å². The van der Waals surface area contributed by atoms with E-state index in [4.69, 9.17) is 10.2 Å². The molecule has 0 unspecified atom stereocenters. The molecule has 7 heteroatoms. The summed E-state index contributed by atoms with van der Waals surface area (Å²) in [6.45, 7) is 7.46. The van der Waals surface area contributed by atoms with Gasteiger partial charge in [-0.25, -0.2) is 4.98 Å². The van der Waals surface area contributed by atoms with Crippen molar-refractivity contribution in [2.45, 2.75) is 18.7 Å². The predicted octanol–water partition coefficient (Wildman–Crippen LogP) is 4.88. The highest BCUT2D eigenvalue weighted by Gasteiger charge is 2.22. The third kappa shape index (κ3) is 4.78. The molecule has 0 aliphatic carbocycles. The highest BCUT2D eigenvalue weighted by molar-refractivity contribution is 7.98. The fourth-order valence-corrected chi connectivity index (χ4v) is 4.75. The van der Waals surface area contributed by atoms with Gasteiger partial charge < -0.3 is 4.90 Å². The van der Waals surface area contributed by atoms with Crippen LogP contribution in [0.5, 0.6) is 0 Å². The largest absolute Gasteiger partial charge is 0.302 e. The summed E-state index contributed by atoms with van der Waals surface area (Å²) >= 11 is 3.20. The number of para-hydroxylation sites is 1. The highest BCUT2D eigenvalue weighted by atomic mass is 32.2. The van der Waals surface area contributed by atoms with Crippen molar-refractivity contribution in [2.24, 2.45) is 0 Å². The topological polar surface area (TPSA) is 60.2 Å². The van der Waals surface area contributed by atoms with Crippen LogP contribution in [0.3, 0.4) is 0 Å². The van der Waals surface area contributed by atoms with Crippen molar-refractivity contribution in [2.75, 3.05) is 37.3 Å². The van der Waals surface area contributed by atoms with Gasteiger partial charge in [-0.1, -0.05) is 31.3 Å². The molecule has 0 atom stereocenters. The molecule has 1 heterocycles. The summed E-state index contributed by atoms with van der Waals surface area (Å²) in [7, 11) is 0. The van der Waals surface area contributed by atoms with Gasteiger partial charge in [0, 0.05) is 23.5 Å². The third-order valence-electron chi connectivity index (χ3n) is 4.86. The molecule has 3 rings (SSSR count). The second-order valence-electron chi connectivity index (χ2n) is 6.48. The lowest BCUT2D eigenvalue weighted by Crippen LogP contribution is -2.38. The summed E-state index contributed by atoms with van der Waals surface area (Å²) in [5.41, 5.74) is 2.05. The third-order valence-corrected chi connectivity index (χ3v) is 6.67. The Morgan fingerprint density at radius 1 is 1.14 bits per heavy atom. The number of nitriles is 1. The molecule has 0 aliphatic rings. The van der Waals surface area contributed by atoms with Crippen molar-refractivity contribution in [3.05, 3.63) is 53.6 Å². The summed E-state index contributed by atoms with van der Waals surface area (Å²) in [5, 5.41) is 9.73. The number of rotatable bonds is 8. The predicted molar refractivity (Wildman–Crippen MR) is 122 cm³/mol. The van der Waals surface area contributed by atoms with Crippen LogP contribution in [-0.4, -0.2) is 48.2 Å². The number of amides is 1. The Bertz CT molecular complexity index is 1020. The zero-order chi connectivity index (χ0) is 20.8. The van der Waals surface area contributed by atoms with Crippen LogP contribution in [0.1, 0.15) is 29.8 Å². The maximum atomic E-state index is 13.4. The van der Waals surface area contributed by atoms with Gasteiger partial charge in [0.25, 0.3) is 5.91 Å². The Morgan fingerprint density at radius 3 is 2.48 bits per heavy atom. The summed E-state index contributed by atoms with van der Waals surface area (Å²) in [4.78, 5) is 23.4. The lowest BCUT2D eigenvalue weighted by Gasteiger charge is -2.24. The Balaban J connectivity index is 1.98. The van der Waals surface area contributed by atoms with Crippen LogP contribution in [0.25, 0.3) is 10.2 Å². The number of thioether (sulfide) groups is 1. The average Bonchev–Trinajstić information content (AvgIpc) is 3.20. The SMILES string of the molecule is CCN(CC)CCN(C(=O)c1ccc(C#N)cc1)c1nc2c(SC)cccc2s1. The first kappa shape index (κ1) is 21.3. The molecule has 0 fully saturated rings. The number of hydrogen-bond donors (Lipinski definition) is 0. The van der Waals surface area contributed by atoms with Crippen molar-refractivity contribution >= 4 is 44.4 Å². The van der Waals surface area contributed by atoms with Gasteiger partial charge in [-0.15, -0.1) is 11.8 Å². The summed E-state index contributed by atoms with van der Waals surface area (Å²) in [6, 6.07) is 15.0. The van der Waals surface area contributed by atoms with Crippen molar-refractivity contribution in [1.29, 1.82) is 5.26 Å². The van der Waals surface area contributed by atoms with Crippen LogP contribution >= 0.6 is 23.1 Å². The molecular formula is C22H24N4OS2. The first-order valence-corrected chi connectivity index (χ1v) is 11.6. The molecule has 0 spiro atoms. The quantitative estimate of drug-likeness (QED) is 0.482. The molecule has 1 amide bonds.